The Bertz CT molecular complexity index is 576. The Morgan fingerprint density at radius 2 is 2.21 bits per heavy atom. The van der Waals surface area contributed by atoms with Crippen LogP contribution in [-0.2, 0) is 4.74 Å². The second-order valence-electron chi connectivity index (χ2n) is 4.79. The molecule has 3 N–H and O–H groups in total. The number of rotatable bonds is 2. The summed E-state index contributed by atoms with van der Waals surface area (Å²) in [5, 5.41) is 6.99. The van der Waals surface area contributed by atoms with Gasteiger partial charge in [-0.3, -0.25) is 5.10 Å². The lowest BCUT2D eigenvalue weighted by Gasteiger charge is -2.22. The first-order chi connectivity index (χ1) is 9.27. The molecule has 5 heteroatoms. The average molecular weight is 261 g/mol. The highest BCUT2D eigenvalue weighted by Gasteiger charge is 2.24. The standard InChI is InChI=1S/C14H16FN3O/c15-11-6-2-1-5-10(11)12-13(17-18-14(12)16)9-4-3-7-19-8-9/h1-2,5-6,9H,3-4,7-8H2,(H3,16,17,18). The maximum atomic E-state index is 14.0. The second-order valence-corrected chi connectivity index (χ2v) is 4.79. The number of aromatic amines is 1. The van der Waals surface area contributed by atoms with Crippen LogP contribution in [0.4, 0.5) is 10.2 Å². The first kappa shape index (κ1) is 12.2. The molecule has 0 saturated carbocycles. The number of hydrogen-bond donors (Lipinski definition) is 2. The predicted octanol–water partition coefficient (Wildman–Crippen LogP) is 2.69. The van der Waals surface area contributed by atoms with E-state index in [1.165, 1.54) is 6.07 Å². The Labute approximate surface area is 110 Å². The Kier molecular flexibility index (Phi) is 3.21. The largest absolute Gasteiger partial charge is 0.382 e. The van der Waals surface area contributed by atoms with Gasteiger partial charge in [0.25, 0.3) is 0 Å². The zero-order valence-electron chi connectivity index (χ0n) is 10.5. The van der Waals surface area contributed by atoms with Crippen LogP contribution in [0.3, 0.4) is 0 Å². The molecule has 19 heavy (non-hydrogen) atoms. The van der Waals surface area contributed by atoms with Crippen LogP contribution in [0.2, 0.25) is 0 Å². The van der Waals surface area contributed by atoms with Gasteiger partial charge in [-0.25, -0.2) is 4.39 Å². The highest BCUT2D eigenvalue weighted by atomic mass is 19.1. The van der Waals surface area contributed by atoms with Crippen molar-refractivity contribution >= 4 is 5.82 Å². The number of aromatic nitrogens is 2. The van der Waals surface area contributed by atoms with E-state index in [9.17, 15) is 4.39 Å². The number of benzene rings is 1. The van der Waals surface area contributed by atoms with Gasteiger partial charge >= 0.3 is 0 Å². The van der Waals surface area contributed by atoms with E-state index in [2.05, 4.69) is 10.2 Å². The maximum Gasteiger partial charge on any atom is 0.153 e. The van der Waals surface area contributed by atoms with E-state index in [1.54, 1.807) is 18.2 Å². The quantitative estimate of drug-likeness (QED) is 0.873. The summed E-state index contributed by atoms with van der Waals surface area (Å²) in [7, 11) is 0. The molecule has 1 saturated heterocycles. The van der Waals surface area contributed by atoms with Crippen LogP contribution >= 0.6 is 0 Å². The van der Waals surface area contributed by atoms with Gasteiger partial charge in [0.1, 0.15) is 5.82 Å². The zero-order chi connectivity index (χ0) is 13.2. The van der Waals surface area contributed by atoms with E-state index < -0.39 is 0 Å². The molecule has 2 aromatic rings. The first-order valence-electron chi connectivity index (χ1n) is 6.43. The van der Waals surface area contributed by atoms with Crippen molar-refractivity contribution < 1.29 is 9.13 Å². The van der Waals surface area contributed by atoms with E-state index in [0.717, 1.165) is 25.1 Å². The number of anilines is 1. The van der Waals surface area contributed by atoms with Crippen LogP contribution in [0.5, 0.6) is 0 Å². The molecule has 1 aliphatic heterocycles. The molecule has 1 aromatic carbocycles. The molecule has 1 fully saturated rings. The van der Waals surface area contributed by atoms with Crippen molar-refractivity contribution in [2.75, 3.05) is 18.9 Å². The van der Waals surface area contributed by atoms with Crippen LogP contribution in [0.1, 0.15) is 24.5 Å². The third-order valence-corrected chi connectivity index (χ3v) is 3.53. The van der Waals surface area contributed by atoms with Crippen molar-refractivity contribution in [3.63, 3.8) is 0 Å². The molecule has 0 spiro atoms. The third kappa shape index (κ3) is 2.21. The fraction of sp³-hybridized carbons (Fsp3) is 0.357. The van der Waals surface area contributed by atoms with Crippen LogP contribution in [0.15, 0.2) is 24.3 Å². The normalized spacial score (nSPS) is 19.5. The highest BCUT2D eigenvalue weighted by molar-refractivity contribution is 5.77. The minimum Gasteiger partial charge on any atom is -0.382 e. The van der Waals surface area contributed by atoms with Crippen molar-refractivity contribution in [2.24, 2.45) is 0 Å². The highest BCUT2D eigenvalue weighted by Crippen LogP contribution is 2.36. The Morgan fingerprint density at radius 1 is 1.37 bits per heavy atom. The molecule has 1 aliphatic rings. The number of nitrogen functional groups attached to an aromatic ring is 1. The SMILES string of the molecule is Nc1n[nH]c(C2CCCOC2)c1-c1ccccc1F. The number of H-pyrrole nitrogens is 1. The number of nitrogens with zero attached hydrogens (tertiary/aromatic N) is 1. The van der Waals surface area contributed by atoms with Crippen LogP contribution in [0.25, 0.3) is 11.1 Å². The van der Waals surface area contributed by atoms with Gasteiger partial charge in [-0.1, -0.05) is 18.2 Å². The van der Waals surface area contributed by atoms with E-state index in [0.29, 0.717) is 23.6 Å². The van der Waals surface area contributed by atoms with Crippen molar-refractivity contribution in [3.05, 3.63) is 35.8 Å². The van der Waals surface area contributed by atoms with Gasteiger partial charge < -0.3 is 10.5 Å². The molecule has 100 valence electrons. The van der Waals surface area contributed by atoms with Crippen molar-refractivity contribution in [2.45, 2.75) is 18.8 Å². The molecule has 1 unspecified atom stereocenters. The van der Waals surface area contributed by atoms with Gasteiger partial charge in [0.15, 0.2) is 5.82 Å². The number of ether oxygens (including phenoxy) is 1. The molecular weight excluding hydrogens is 245 g/mol. The first-order valence-corrected chi connectivity index (χ1v) is 6.43. The van der Waals surface area contributed by atoms with E-state index in [-0.39, 0.29) is 11.7 Å². The average Bonchev–Trinajstić information content (AvgIpc) is 2.82. The lowest BCUT2D eigenvalue weighted by molar-refractivity contribution is 0.0794. The van der Waals surface area contributed by atoms with Crippen LogP contribution in [-0.4, -0.2) is 23.4 Å². The number of nitrogens with two attached hydrogens (primary N) is 1. The molecule has 0 aliphatic carbocycles. The molecular formula is C14H16FN3O. The van der Waals surface area contributed by atoms with Crippen molar-refractivity contribution in [1.82, 2.24) is 10.2 Å². The van der Waals surface area contributed by atoms with Gasteiger partial charge in [0.05, 0.1) is 12.3 Å². The lowest BCUT2D eigenvalue weighted by atomic mass is 9.92. The zero-order valence-corrected chi connectivity index (χ0v) is 10.5. The smallest absolute Gasteiger partial charge is 0.153 e. The molecule has 0 radical (unpaired) electrons. The molecule has 3 rings (SSSR count). The topological polar surface area (TPSA) is 63.9 Å². The van der Waals surface area contributed by atoms with Gasteiger partial charge in [-0.05, 0) is 18.9 Å². The maximum absolute atomic E-state index is 14.0. The monoisotopic (exact) mass is 261 g/mol. The lowest BCUT2D eigenvalue weighted by Crippen LogP contribution is -2.16. The number of nitrogens with one attached hydrogen (secondary N) is 1. The summed E-state index contributed by atoms with van der Waals surface area (Å²) in [4.78, 5) is 0. The minimum absolute atomic E-state index is 0.202. The molecule has 1 aromatic heterocycles. The second kappa shape index (κ2) is 5.01. The van der Waals surface area contributed by atoms with Gasteiger partial charge in [-0.15, -0.1) is 0 Å². The van der Waals surface area contributed by atoms with Crippen molar-refractivity contribution in [1.29, 1.82) is 0 Å². The predicted molar refractivity (Wildman–Crippen MR) is 71.2 cm³/mol. The molecule has 0 bridgehead atoms. The van der Waals surface area contributed by atoms with Gasteiger partial charge in [0.2, 0.25) is 0 Å². The van der Waals surface area contributed by atoms with Gasteiger partial charge in [0, 0.05) is 23.7 Å². The van der Waals surface area contributed by atoms with Crippen LogP contribution in [0, 0.1) is 5.82 Å². The summed E-state index contributed by atoms with van der Waals surface area (Å²) in [6.45, 7) is 1.41. The summed E-state index contributed by atoms with van der Waals surface area (Å²) in [6, 6.07) is 6.62. The molecule has 4 nitrogen and oxygen atoms in total. The Balaban J connectivity index is 2.06. The van der Waals surface area contributed by atoms with Gasteiger partial charge in [-0.2, -0.15) is 5.10 Å². The Hall–Kier alpha value is -1.88. The van der Waals surface area contributed by atoms with E-state index in [1.807, 2.05) is 0 Å². The number of hydrogen-bond acceptors (Lipinski definition) is 3. The minimum atomic E-state index is -0.284. The van der Waals surface area contributed by atoms with Crippen LogP contribution < -0.4 is 5.73 Å². The summed E-state index contributed by atoms with van der Waals surface area (Å²) in [5.74, 6) is 0.257. The van der Waals surface area contributed by atoms with Crippen molar-refractivity contribution in [3.8, 4) is 11.1 Å². The summed E-state index contributed by atoms with van der Waals surface area (Å²) in [5.41, 5.74) is 7.95. The third-order valence-electron chi connectivity index (χ3n) is 3.53. The fourth-order valence-corrected chi connectivity index (χ4v) is 2.58. The molecule has 0 amide bonds. The van der Waals surface area contributed by atoms with E-state index in [4.69, 9.17) is 10.5 Å². The summed E-state index contributed by atoms with van der Waals surface area (Å²) >= 11 is 0. The fourth-order valence-electron chi connectivity index (χ4n) is 2.58. The molecule has 2 heterocycles. The molecule has 1 atom stereocenters. The van der Waals surface area contributed by atoms with E-state index >= 15 is 0 Å². The summed E-state index contributed by atoms with van der Waals surface area (Å²) < 4.78 is 19.4. The number of halogens is 1. The summed E-state index contributed by atoms with van der Waals surface area (Å²) in [6.07, 6.45) is 2.00. The Morgan fingerprint density at radius 3 is 2.95 bits per heavy atom.